The Bertz CT molecular complexity index is 1100. The Balaban J connectivity index is 1.67. The van der Waals surface area contributed by atoms with Gasteiger partial charge in [0.15, 0.2) is 5.76 Å². The Morgan fingerprint density at radius 2 is 1.51 bits per heavy atom. The van der Waals surface area contributed by atoms with Crippen molar-refractivity contribution in [2.45, 2.75) is 32.4 Å². The van der Waals surface area contributed by atoms with Gasteiger partial charge in [0.05, 0.1) is 12.1 Å². The SMILES string of the molecule is CN1CCN(c2ccc(C(F)(F)F)cc2/C=C2\OCCN(c3ccc(C(C)(C)C)cc3)C2=O)CC1. The average molecular weight is 488 g/mol. The summed E-state index contributed by atoms with van der Waals surface area (Å²) in [5.41, 5.74) is 2.13. The highest BCUT2D eigenvalue weighted by molar-refractivity contribution is 6.07. The van der Waals surface area contributed by atoms with Gasteiger partial charge in [0.1, 0.15) is 6.61 Å². The third-order valence-corrected chi connectivity index (χ3v) is 6.56. The molecule has 0 bridgehead atoms. The van der Waals surface area contributed by atoms with Crippen molar-refractivity contribution >= 4 is 23.4 Å². The van der Waals surface area contributed by atoms with Crippen LogP contribution < -0.4 is 9.80 Å². The largest absolute Gasteiger partial charge is 0.486 e. The molecule has 0 radical (unpaired) electrons. The monoisotopic (exact) mass is 487 g/mol. The Hall–Kier alpha value is -3.00. The van der Waals surface area contributed by atoms with Crippen molar-refractivity contribution in [2.75, 3.05) is 56.2 Å². The molecule has 5 nitrogen and oxygen atoms in total. The molecule has 35 heavy (non-hydrogen) atoms. The van der Waals surface area contributed by atoms with E-state index in [4.69, 9.17) is 4.74 Å². The lowest BCUT2D eigenvalue weighted by Gasteiger charge is -2.35. The lowest BCUT2D eigenvalue weighted by Crippen LogP contribution is -2.44. The van der Waals surface area contributed by atoms with E-state index in [1.54, 1.807) is 4.90 Å². The van der Waals surface area contributed by atoms with Crippen LogP contribution in [0.1, 0.15) is 37.5 Å². The number of hydrogen-bond acceptors (Lipinski definition) is 4. The Kier molecular flexibility index (Phi) is 6.86. The number of amides is 1. The first-order chi connectivity index (χ1) is 16.4. The molecule has 0 saturated carbocycles. The number of nitrogens with zero attached hydrogens (tertiary/aromatic N) is 3. The van der Waals surface area contributed by atoms with E-state index in [1.165, 1.54) is 12.1 Å². The van der Waals surface area contributed by atoms with Gasteiger partial charge in [0.2, 0.25) is 0 Å². The number of benzene rings is 2. The van der Waals surface area contributed by atoms with Crippen molar-refractivity contribution < 1.29 is 22.7 Å². The van der Waals surface area contributed by atoms with Crippen molar-refractivity contribution in [2.24, 2.45) is 0 Å². The van der Waals surface area contributed by atoms with Gasteiger partial charge in [-0.05, 0) is 54.4 Å². The maximum absolute atomic E-state index is 13.5. The number of halogens is 3. The summed E-state index contributed by atoms with van der Waals surface area (Å²) in [5, 5.41) is 0. The molecule has 1 amide bonds. The molecule has 188 valence electrons. The summed E-state index contributed by atoms with van der Waals surface area (Å²) in [5.74, 6) is -0.313. The molecule has 2 saturated heterocycles. The lowest BCUT2D eigenvalue weighted by atomic mass is 9.87. The summed E-state index contributed by atoms with van der Waals surface area (Å²) in [4.78, 5) is 19.2. The van der Waals surface area contributed by atoms with Gasteiger partial charge in [-0.3, -0.25) is 4.79 Å². The molecule has 2 aliphatic heterocycles. The van der Waals surface area contributed by atoms with E-state index in [0.717, 1.165) is 36.5 Å². The van der Waals surface area contributed by atoms with Crippen LogP contribution >= 0.6 is 0 Å². The van der Waals surface area contributed by atoms with Gasteiger partial charge in [0.25, 0.3) is 5.91 Å². The van der Waals surface area contributed by atoms with Gasteiger partial charge in [-0.2, -0.15) is 13.2 Å². The first-order valence-electron chi connectivity index (χ1n) is 11.8. The zero-order valence-electron chi connectivity index (χ0n) is 20.7. The third-order valence-electron chi connectivity index (χ3n) is 6.56. The minimum Gasteiger partial charge on any atom is -0.486 e. The van der Waals surface area contributed by atoms with Gasteiger partial charge >= 0.3 is 6.18 Å². The smallest absolute Gasteiger partial charge is 0.416 e. The van der Waals surface area contributed by atoms with E-state index in [2.05, 4.69) is 30.6 Å². The number of anilines is 2. The number of ether oxygens (including phenoxy) is 1. The third kappa shape index (κ3) is 5.64. The van der Waals surface area contributed by atoms with E-state index in [-0.39, 0.29) is 23.7 Å². The number of alkyl halides is 3. The number of rotatable bonds is 3. The van der Waals surface area contributed by atoms with Crippen LogP contribution in [0.5, 0.6) is 0 Å². The fraction of sp³-hybridized carbons (Fsp3) is 0.444. The van der Waals surface area contributed by atoms with E-state index < -0.39 is 11.7 Å². The first-order valence-corrected chi connectivity index (χ1v) is 11.8. The van der Waals surface area contributed by atoms with Gasteiger partial charge in [0, 0.05) is 43.1 Å². The molecule has 2 aromatic rings. The van der Waals surface area contributed by atoms with Crippen LogP contribution in [0.25, 0.3) is 6.08 Å². The summed E-state index contributed by atoms with van der Waals surface area (Å²) < 4.78 is 46.2. The van der Waals surface area contributed by atoms with Gasteiger partial charge < -0.3 is 19.4 Å². The maximum atomic E-state index is 13.5. The minimum absolute atomic E-state index is 0.0121. The van der Waals surface area contributed by atoms with Crippen LogP contribution in [0.2, 0.25) is 0 Å². The molecular formula is C27H32F3N3O2. The number of likely N-dealkylation sites (N-methyl/N-ethyl adjacent to an activating group) is 1. The second kappa shape index (κ2) is 9.57. The Morgan fingerprint density at radius 1 is 0.886 bits per heavy atom. The molecular weight excluding hydrogens is 455 g/mol. The lowest BCUT2D eigenvalue weighted by molar-refractivity contribution is -0.137. The number of carbonyl (C=O) groups excluding carboxylic acids is 1. The summed E-state index contributed by atoms with van der Waals surface area (Å²) in [7, 11) is 2.02. The highest BCUT2D eigenvalue weighted by Crippen LogP contribution is 2.35. The molecule has 8 heteroatoms. The normalized spacial score (nSPS) is 19.3. The molecule has 2 aliphatic rings. The molecule has 0 spiro atoms. The highest BCUT2D eigenvalue weighted by atomic mass is 19.4. The standard InChI is InChI=1S/C27H32F3N3O2/c1-26(2,3)20-5-8-22(9-6-20)33-15-16-35-24(25(33)34)18-19-17-21(27(28,29)30)7-10-23(19)32-13-11-31(4)12-14-32/h5-10,17-18H,11-16H2,1-4H3/b24-18-. The number of piperazine rings is 1. The topological polar surface area (TPSA) is 36.0 Å². The quantitative estimate of drug-likeness (QED) is 0.561. The first kappa shape index (κ1) is 25.1. The molecule has 2 heterocycles. The van der Waals surface area contributed by atoms with Crippen LogP contribution in [-0.2, 0) is 21.1 Å². The van der Waals surface area contributed by atoms with Crippen molar-refractivity contribution in [3.05, 3.63) is 64.9 Å². The number of morpholine rings is 1. The van der Waals surface area contributed by atoms with Crippen LogP contribution in [0.4, 0.5) is 24.5 Å². The van der Waals surface area contributed by atoms with Gasteiger partial charge in [-0.1, -0.05) is 32.9 Å². The molecule has 2 aromatic carbocycles. The van der Waals surface area contributed by atoms with Crippen LogP contribution in [0.15, 0.2) is 48.2 Å². The van der Waals surface area contributed by atoms with Crippen LogP contribution in [0.3, 0.4) is 0 Å². The van der Waals surface area contributed by atoms with Crippen molar-refractivity contribution in [3.63, 3.8) is 0 Å². The molecule has 4 rings (SSSR count). The van der Waals surface area contributed by atoms with Crippen molar-refractivity contribution in [1.82, 2.24) is 4.90 Å². The number of hydrogen-bond donors (Lipinski definition) is 0. The van der Waals surface area contributed by atoms with Crippen LogP contribution in [0, 0.1) is 0 Å². The van der Waals surface area contributed by atoms with Crippen LogP contribution in [-0.4, -0.2) is 57.2 Å². The van der Waals surface area contributed by atoms with Crippen molar-refractivity contribution in [1.29, 1.82) is 0 Å². The summed E-state index contributed by atoms with van der Waals surface area (Å²) in [6, 6.07) is 11.5. The second-order valence-corrected chi connectivity index (χ2v) is 10.2. The zero-order chi connectivity index (χ0) is 25.4. The molecule has 0 unspecified atom stereocenters. The molecule has 0 aliphatic carbocycles. The van der Waals surface area contributed by atoms with Crippen molar-refractivity contribution in [3.8, 4) is 0 Å². The summed E-state index contributed by atoms with van der Waals surface area (Å²) >= 11 is 0. The number of carbonyl (C=O) groups is 1. The predicted octanol–water partition coefficient (Wildman–Crippen LogP) is 5.16. The van der Waals surface area contributed by atoms with Gasteiger partial charge in [-0.15, -0.1) is 0 Å². The van der Waals surface area contributed by atoms with E-state index in [9.17, 15) is 18.0 Å². The molecule has 0 atom stereocenters. The maximum Gasteiger partial charge on any atom is 0.416 e. The Morgan fingerprint density at radius 3 is 2.11 bits per heavy atom. The second-order valence-electron chi connectivity index (χ2n) is 10.2. The zero-order valence-corrected chi connectivity index (χ0v) is 20.7. The fourth-order valence-corrected chi connectivity index (χ4v) is 4.36. The van der Waals surface area contributed by atoms with E-state index in [0.29, 0.717) is 30.9 Å². The van der Waals surface area contributed by atoms with Gasteiger partial charge in [-0.25, -0.2) is 0 Å². The summed E-state index contributed by atoms with van der Waals surface area (Å²) in [6.45, 7) is 10.0. The average Bonchev–Trinajstić information content (AvgIpc) is 2.80. The fourth-order valence-electron chi connectivity index (χ4n) is 4.36. The van der Waals surface area contributed by atoms with E-state index in [1.807, 2.05) is 31.3 Å². The highest BCUT2D eigenvalue weighted by Gasteiger charge is 2.32. The predicted molar refractivity (Wildman–Crippen MR) is 133 cm³/mol. The molecule has 2 fully saturated rings. The Labute approximate surface area is 204 Å². The molecule has 0 N–H and O–H groups in total. The summed E-state index contributed by atoms with van der Waals surface area (Å²) in [6.07, 6.45) is -3.02. The molecule has 0 aromatic heterocycles. The van der Waals surface area contributed by atoms with E-state index >= 15 is 0 Å². The minimum atomic E-state index is -4.48.